The normalized spacial score (nSPS) is 16.4. The number of benzene rings is 1. The molecule has 1 aliphatic rings. The molecular weight excluding hydrogens is 372 g/mol. The number of carbonyl (C=O) groups excluding carboxylic acids is 1. The van der Waals surface area contributed by atoms with Crippen molar-refractivity contribution in [1.82, 2.24) is 19.2 Å². The van der Waals surface area contributed by atoms with Gasteiger partial charge in [0.25, 0.3) is 0 Å². The van der Waals surface area contributed by atoms with Crippen LogP contribution in [-0.2, 0) is 4.79 Å². The second kappa shape index (κ2) is 8.33. The van der Waals surface area contributed by atoms with Crippen molar-refractivity contribution < 1.29 is 4.79 Å². The summed E-state index contributed by atoms with van der Waals surface area (Å²) in [5.74, 6) is 0.132. The molecule has 6 heteroatoms. The van der Waals surface area contributed by atoms with Crippen molar-refractivity contribution in [2.75, 3.05) is 32.7 Å². The van der Waals surface area contributed by atoms with Crippen molar-refractivity contribution in [3.05, 3.63) is 71.1 Å². The van der Waals surface area contributed by atoms with E-state index in [0.717, 1.165) is 49.6 Å². The largest absolute Gasteiger partial charge is 0.340 e. The van der Waals surface area contributed by atoms with E-state index in [-0.39, 0.29) is 11.8 Å². The third-order valence-corrected chi connectivity index (χ3v) is 5.83. The lowest BCUT2D eigenvalue weighted by atomic mass is 9.92. The van der Waals surface area contributed by atoms with Crippen molar-refractivity contribution in [1.29, 1.82) is 0 Å². The van der Waals surface area contributed by atoms with Crippen LogP contribution in [0.15, 0.2) is 54.9 Å². The van der Waals surface area contributed by atoms with Gasteiger partial charge < -0.3 is 14.2 Å². The van der Waals surface area contributed by atoms with E-state index >= 15 is 0 Å². The fraction of sp³-hybridized carbons (Fsp3) is 0.364. The number of halogens is 1. The summed E-state index contributed by atoms with van der Waals surface area (Å²) < 4.78 is 2.00. The first-order valence-electron chi connectivity index (χ1n) is 9.83. The minimum Gasteiger partial charge on any atom is -0.340 e. The maximum Gasteiger partial charge on any atom is 0.223 e. The lowest BCUT2D eigenvalue weighted by Crippen LogP contribution is -2.48. The van der Waals surface area contributed by atoms with Gasteiger partial charge in [-0.15, -0.1) is 0 Å². The number of aromatic nitrogens is 2. The van der Waals surface area contributed by atoms with Crippen LogP contribution in [-0.4, -0.2) is 57.8 Å². The molecule has 0 N–H and O–H groups in total. The number of hydrogen-bond donors (Lipinski definition) is 0. The zero-order valence-electron chi connectivity index (χ0n) is 16.1. The molecule has 3 heterocycles. The van der Waals surface area contributed by atoms with E-state index in [0.29, 0.717) is 11.4 Å². The van der Waals surface area contributed by atoms with E-state index in [4.69, 9.17) is 11.6 Å². The summed E-state index contributed by atoms with van der Waals surface area (Å²) in [6, 6.07) is 13.9. The minimum absolute atomic E-state index is 0.0635. The molecule has 0 saturated carbocycles. The Hall–Kier alpha value is -2.37. The van der Waals surface area contributed by atoms with Gasteiger partial charge in [-0.05, 0) is 24.2 Å². The molecule has 0 spiro atoms. The van der Waals surface area contributed by atoms with E-state index < -0.39 is 0 Å². The summed E-state index contributed by atoms with van der Waals surface area (Å²) in [7, 11) is 0. The molecule has 5 nitrogen and oxygen atoms in total. The fourth-order valence-corrected chi connectivity index (χ4v) is 4.09. The number of likely N-dealkylation sites (N-methyl/N-ethyl adjacent to an activating group) is 1. The van der Waals surface area contributed by atoms with Crippen LogP contribution in [0.1, 0.15) is 30.5 Å². The number of rotatable bonds is 5. The van der Waals surface area contributed by atoms with Crippen LogP contribution in [0.4, 0.5) is 0 Å². The molecule has 4 rings (SSSR count). The lowest BCUT2D eigenvalue weighted by molar-refractivity contribution is -0.133. The number of piperazine rings is 1. The molecule has 0 aliphatic carbocycles. The van der Waals surface area contributed by atoms with Crippen molar-refractivity contribution in [3.63, 3.8) is 0 Å². The molecule has 1 fully saturated rings. The molecule has 3 aromatic rings. The summed E-state index contributed by atoms with van der Waals surface area (Å²) in [6.07, 6.45) is 4.17. The Balaban J connectivity index is 1.63. The van der Waals surface area contributed by atoms with E-state index in [2.05, 4.69) is 28.9 Å². The number of amides is 1. The van der Waals surface area contributed by atoms with Gasteiger partial charge in [-0.25, -0.2) is 4.98 Å². The van der Waals surface area contributed by atoms with Gasteiger partial charge in [0.1, 0.15) is 5.65 Å². The second-order valence-corrected chi connectivity index (χ2v) is 7.68. The van der Waals surface area contributed by atoms with E-state index in [1.54, 1.807) is 0 Å². The van der Waals surface area contributed by atoms with E-state index in [9.17, 15) is 4.79 Å². The number of hydrogen-bond acceptors (Lipinski definition) is 3. The van der Waals surface area contributed by atoms with Gasteiger partial charge in [0.2, 0.25) is 5.91 Å². The molecule has 1 amide bonds. The summed E-state index contributed by atoms with van der Waals surface area (Å²) in [5.41, 5.74) is 2.94. The zero-order chi connectivity index (χ0) is 19.5. The smallest absolute Gasteiger partial charge is 0.223 e. The van der Waals surface area contributed by atoms with E-state index in [1.807, 2.05) is 52.0 Å². The standard InChI is InChI=1S/C22H25ClN4O/c1-2-25-10-12-26(13-11-25)22(28)14-19(17-6-4-3-5-7-17)20-15-24-21-9-8-18(23)16-27(20)21/h3-9,15-16,19H,2,10-14H2,1H3. The van der Waals surface area contributed by atoms with Crippen LogP contribution >= 0.6 is 11.6 Å². The number of carbonyl (C=O) groups is 1. The molecule has 1 unspecified atom stereocenters. The Labute approximate surface area is 170 Å². The number of imidazole rings is 1. The maximum atomic E-state index is 13.1. The lowest BCUT2D eigenvalue weighted by Gasteiger charge is -2.34. The highest BCUT2D eigenvalue weighted by atomic mass is 35.5. The SMILES string of the molecule is CCN1CCN(C(=O)CC(c2ccccc2)c2cnc3ccc(Cl)cn23)CC1. The van der Waals surface area contributed by atoms with Crippen LogP contribution in [0.5, 0.6) is 0 Å². The maximum absolute atomic E-state index is 13.1. The van der Waals surface area contributed by atoms with Crippen molar-refractivity contribution in [3.8, 4) is 0 Å². The van der Waals surface area contributed by atoms with Crippen LogP contribution in [0, 0.1) is 0 Å². The highest BCUT2D eigenvalue weighted by Gasteiger charge is 2.26. The monoisotopic (exact) mass is 396 g/mol. The number of fused-ring (bicyclic) bond motifs is 1. The molecule has 146 valence electrons. The van der Waals surface area contributed by atoms with Crippen molar-refractivity contribution in [2.24, 2.45) is 0 Å². The Kier molecular flexibility index (Phi) is 5.64. The molecule has 1 aromatic carbocycles. The van der Waals surface area contributed by atoms with Crippen LogP contribution in [0.2, 0.25) is 5.02 Å². The first-order chi connectivity index (χ1) is 13.7. The fourth-order valence-electron chi connectivity index (χ4n) is 3.93. The van der Waals surface area contributed by atoms with Gasteiger partial charge in [-0.1, -0.05) is 48.9 Å². The average molecular weight is 397 g/mol. The molecular formula is C22H25ClN4O. The summed E-state index contributed by atoms with van der Waals surface area (Å²) in [5, 5.41) is 0.653. The van der Waals surface area contributed by atoms with Gasteiger partial charge in [0.15, 0.2) is 0 Å². The first-order valence-corrected chi connectivity index (χ1v) is 10.2. The van der Waals surface area contributed by atoms with Gasteiger partial charge in [-0.3, -0.25) is 4.79 Å². The third-order valence-electron chi connectivity index (χ3n) is 5.61. The molecule has 1 aliphatic heterocycles. The molecule has 0 bridgehead atoms. The second-order valence-electron chi connectivity index (χ2n) is 7.24. The van der Waals surface area contributed by atoms with Gasteiger partial charge >= 0.3 is 0 Å². The summed E-state index contributed by atoms with van der Waals surface area (Å²) in [4.78, 5) is 22.0. The van der Waals surface area contributed by atoms with Gasteiger partial charge in [-0.2, -0.15) is 0 Å². The summed E-state index contributed by atoms with van der Waals surface area (Å²) in [6.45, 7) is 6.70. The Morgan fingerprint density at radius 2 is 1.86 bits per heavy atom. The molecule has 28 heavy (non-hydrogen) atoms. The average Bonchev–Trinajstić information content (AvgIpc) is 3.15. The Bertz CT molecular complexity index is 948. The topological polar surface area (TPSA) is 40.8 Å². The van der Waals surface area contributed by atoms with Crippen molar-refractivity contribution in [2.45, 2.75) is 19.3 Å². The number of pyridine rings is 1. The van der Waals surface area contributed by atoms with E-state index in [1.165, 1.54) is 0 Å². The van der Waals surface area contributed by atoms with Gasteiger partial charge in [0.05, 0.1) is 10.7 Å². The van der Waals surface area contributed by atoms with Crippen LogP contribution in [0.3, 0.4) is 0 Å². The molecule has 1 saturated heterocycles. The first kappa shape index (κ1) is 19.0. The van der Waals surface area contributed by atoms with Crippen LogP contribution in [0.25, 0.3) is 5.65 Å². The number of nitrogens with zero attached hydrogens (tertiary/aromatic N) is 4. The molecule has 1 atom stereocenters. The molecule has 2 aromatic heterocycles. The highest BCUT2D eigenvalue weighted by Crippen LogP contribution is 2.30. The predicted molar refractivity (Wildman–Crippen MR) is 112 cm³/mol. The third kappa shape index (κ3) is 3.91. The van der Waals surface area contributed by atoms with Crippen molar-refractivity contribution >= 4 is 23.2 Å². The molecule has 0 radical (unpaired) electrons. The Morgan fingerprint density at radius 3 is 2.57 bits per heavy atom. The minimum atomic E-state index is -0.0635. The highest BCUT2D eigenvalue weighted by molar-refractivity contribution is 6.30. The predicted octanol–water partition coefficient (Wildman–Crippen LogP) is 3.67. The Morgan fingerprint density at radius 1 is 1.11 bits per heavy atom. The zero-order valence-corrected chi connectivity index (χ0v) is 16.8. The van der Waals surface area contributed by atoms with Gasteiger partial charge in [0, 0.05) is 50.9 Å². The quantitative estimate of drug-likeness (QED) is 0.660. The summed E-state index contributed by atoms with van der Waals surface area (Å²) >= 11 is 6.22. The van der Waals surface area contributed by atoms with Crippen LogP contribution < -0.4 is 0 Å².